The molecule has 0 bridgehead atoms. The van der Waals surface area contributed by atoms with Crippen molar-refractivity contribution in [2.24, 2.45) is 5.92 Å². The van der Waals surface area contributed by atoms with Gasteiger partial charge in [0.15, 0.2) is 6.61 Å². The highest BCUT2D eigenvalue weighted by atomic mass is 16.6. The number of carbonyl (C=O) groups excluding carboxylic acids is 2. The molecule has 130 valence electrons. The third-order valence-electron chi connectivity index (χ3n) is 4.51. The van der Waals surface area contributed by atoms with E-state index in [2.05, 4.69) is 12.2 Å². The smallest absolute Gasteiger partial charge is 0.339 e. The molecular formula is C17H22N2O5. The van der Waals surface area contributed by atoms with Crippen molar-refractivity contribution < 1.29 is 19.2 Å². The van der Waals surface area contributed by atoms with E-state index in [-0.39, 0.29) is 35.4 Å². The van der Waals surface area contributed by atoms with E-state index in [9.17, 15) is 19.7 Å². The average molecular weight is 334 g/mol. The van der Waals surface area contributed by atoms with Crippen molar-refractivity contribution in [2.45, 2.75) is 45.6 Å². The fourth-order valence-corrected chi connectivity index (χ4v) is 3.03. The molecule has 24 heavy (non-hydrogen) atoms. The van der Waals surface area contributed by atoms with Crippen molar-refractivity contribution in [2.75, 3.05) is 6.61 Å². The zero-order valence-electron chi connectivity index (χ0n) is 13.9. The molecule has 0 heterocycles. The molecule has 2 atom stereocenters. The second-order valence-corrected chi connectivity index (χ2v) is 6.22. The second-order valence-electron chi connectivity index (χ2n) is 6.22. The Hall–Kier alpha value is -2.44. The Labute approximate surface area is 140 Å². The molecule has 1 aliphatic carbocycles. The Morgan fingerprint density at radius 1 is 1.33 bits per heavy atom. The van der Waals surface area contributed by atoms with E-state index < -0.39 is 10.9 Å². The minimum absolute atomic E-state index is 0.100. The lowest BCUT2D eigenvalue weighted by Gasteiger charge is -2.29. The second kappa shape index (κ2) is 7.90. The van der Waals surface area contributed by atoms with Gasteiger partial charge in [-0.05, 0) is 31.7 Å². The molecule has 1 fully saturated rings. The van der Waals surface area contributed by atoms with Crippen LogP contribution < -0.4 is 5.32 Å². The number of esters is 1. The minimum atomic E-state index is -0.733. The number of hydrogen-bond acceptors (Lipinski definition) is 5. The topological polar surface area (TPSA) is 98.5 Å². The maximum absolute atomic E-state index is 12.1. The van der Waals surface area contributed by atoms with Crippen LogP contribution in [0.2, 0.25) is 0 Å². The van der Waals surface area contributed by atoms with E-state index in [0.29, 0.717) is 5.92 Å². The van der Waals surface area contributed by atoms with E-state index in [1.54, 1.807) is 0 Å². The van der Waals surface area contributed by atoms with Gasteiger partial charge in [-0.3, -0.25) is 14.9 Å². The van der Waals surface area contributed by atoms with Crippen LogP contribution in [0, 0.1) is 23.0 Å². The van der Waals surface area contributed by atoms with E-state index in [1.165, 1.54) is 31.5 Å². The molecule has 7 heteroatoms. The van der Waals surface area contributed by atoms with E-state index in [4.69, 9.17) is 4.74 Å². The Kier molecular flexibility index (Phi) is 5.89. The van der Waals surface area contributed by atoms with Crippen LogP contribution in [0.15, 0.2) is 18.2 Å². The van der Waals surface area contributed by atoms with Crippen molar-refractivity contribution in [3.05, 3.63) is 39.4 Å². The van der Waals surface area contributed by atoms with E-state index in [0.717, 1.165) is 19.3 Å². The van der Waals surface area contributed by atoms with Crippen LogP contribution in [0.1, 0.15) is 48.5 Å². The monoisotopic (exact) mass is 334 g/mol. The molecule has 1 N–H and O–H groups in total. The van der Waals surface area contributed by atoms with Crippen LogP contribution >= 0.6 is 0 Å². The molecule has 0 radical (unpaired) electrons. The Bertz CT molecular complexity index is 644. The van der Waals surface area contributed by atoms with Crippen LogP contribution in [0.25, 0.3) is 0 Å². The summed E-state index contributed by atoms with van der Waals surface area (Å²) >= 11 is 0. The SMILES string of the molecule is Cc1c(C(=O)OCC(=O)N[C@@H]2CCCC[C@@H]2C)cccc1[N+](=O)[O-]. The number of carbonyl (C=O) groups is 2. The first-order valence-electron chi connectivity index (χ1n) is 8.10. The van der Waals surface area contributed by atoms with Crippen LogP contribution in [0.5, 0.6) is 0 Å². The molecular weight excluding hydrogens is 312 g/mol. The summed E-state index contributed by atoms with van der Waals surface area (Å²) in [6.07, 6.45) is 4.28. The number of hydrogen-bond donors (Lipinski definition) is 1. The molecule has 1 aromatic carbocycles. The Balaban J connectivity index is 1.92. The number of nitro groups is 1. The van der Waals surface area contributed by atoms with Gasteiger partial charge in [-0.15, -0.1) is 0 Å². The van der Waals surface area contributed by atoms with Crippen molar-refractivity contribution in [3.63, 3.8) is 0 Å². The standard InChI is InChI=1S/C17H22N2O5/c1-11-6-3-4-8-14(11)18-16(20)10-24-17(21)13-7-5-9-15(12(13)2)19(22)23/h5,7,9,11,14H,3-4,6,8,10H2,1-2H3,(H,18,20)/t11-,14+/m0/s1. The number of ether oxygens (including phenoxy) is 1. The zero-order valence-corrected chi connectivity index (χ0v) is 13.9. The fraction of sp³-hybridized carbons (Fsp3) is 0.529. The lowest BCUT2D eigenvalue weighted by atomic mass is 9.86. The summed E-state index contributed by atoms with van der Waals surface area (Å²) < 4.78 is 5.01. The van der Waals surface area contributed by atoms with E-state index >= 15 is 0 Å². The molecule has 0 spiro atoms. The van der Waals surface area contributed by atoms with Gasteiger partial charge in [0.25, 0.3) is 11.6 Å². The van der Waals surface area contributed by atoms with Gasteiger partial charge >= 0.3 is 5.97 Å². The van der Waals surface area contributed by atoms with Crippen molar-refractivity contribution in [3.8, 4) is 0 Å². The Morgan fingerprint density at radius 2 is 2.04 bits per heavy atom. The van der Waals surface area contributed by atoms with Crippen molar-refractivity contribution >= 4 is 17.6 Å². The molecule has 0 saturated heterocycles. The molecule has 1 saturated carbocycles. The third kappa shape index (κ3) is 4.31. The van der Waals surface area contributed by atoms with Gasteiger partial charge in [0.2, 0.25) is 0 Å². The molecule has 0 unspecified atom stereocenters. The van der Waals surface area contributed by atoms with Crippen LogP contribution in [-0.2, 0) is 9.53 Å². The summed E-state index contributed by atoms with van der Waals surface area (Å²) in [5.41, 5.74) is 0.182. The predicted octanol–water partition coefficient (Wildman–Crippen LogP) is 2.75. The molecule has 1 aliphatic rings. The van der Waals surface area contributed by atoms with Gasteiger partial charge in [-0.25, -0.2) is 4.79 Å². The summed E-state index contributed by atoms with van der Waals surface area (Å²) in [6, 6.07) is 4.31. The molecule has 1 amide bonds. The normalized spacial score (nSPS) is 20.2. The summed E-state index contributed by atoms with van der Waals surface area (Å²) in [5, 5.41) is 13.8. The van der Waals surface area contributed by atoms with E-state index in [1.807, 2.05) is 0 Å². The fourth-order valence-electron chi connectivity index (χ4n) is 3.03. The number of nitro benzene ring substituents is 1. The largest absolute Gasteiger partial charge is 0.452 e. The average Bonchev–Trinajstić information content (AvgIpc) is 2.54. The van der Waals surface area contributed by atoms with Gasteiger partial charge in [0, 0.05) is 17.7 Å². The van der Waals surface area contributed by atoms with Crippen LogP contribution in [0.4, 0.5) is 5.69 Å². The first kappa shape index (κ1) is 17.9. The highest BCUT2D eigenvalue weighted by Gasteiger charge is 2.24. The number of rotatable bonds is 5. The summed E-state index contributed by atoms with van der Waals surface area (Å²) in [7, 11) is 0. The van der Waals surface area contributed by atoms with Gasteiger partial charge < -0.3 is 10.1 Å². The molecule has 1 aromatic rings. The number of amides is 1. The maximum atomic E-state index is 12.1. The number of nitrogens with one attached hydrogen (secondary N) is 1. The molecule has 0 aromatic heterocycles. The highest BCUT2D eigenvalue weighted by molar-refractivity contribution is 5.93. The lowest BCUT2D eigenvalue weighted by Crippen LogP contribution is -2.42. The maximum Gasteiger partial charge on any atom is 0.339 e. The first-order valence-corrected chi connectivity index (χ1v) is 8.10. The van der Waals surface area contributed by atoms with Crippen molar-refractivity contribution in [1.82, 2.24) is 5.32 Å². The van der Waals surface area contributed by atoms with Crippen molar-refractivity contribution in [1.29, 1.82) is 0 Å². The molecule has 0 aliphatic heterocycles. The molecule has 2 rings (SSSR count). The minimum Gasteiger partial charge on any atom is -0.452 e. The zero-order chi connectivity index (χ0) is 17.7. The summed E-state index contributed by atoms with van der Waals surface area (Å²) in [5.74, 6) is -0.661. The summed E-state index contributed by atoms with van der Waals surface area (Å²) in [6.45, 7) is 3.20. The lowest BCUT2D eigenvalue weighted by molar-refractivity contribution is -0.385. The highest BCUT2D eigenvalue weighted by Crippen LogP contribution is 2.24. The first-order chi connectivity index (χ1) is 11.4. The van der Waals surface area contributed by atoms with Crippen LogP contribution in [0.3, 0.4) is 0 Å². The quantitative estimate of drug-likeness (QED) is 0.507. The number of benzene rings is 1. The van der Waals surface area contributed by atoms with Gasteiger partial charge in [0.05, 0.1) is 10.5 Å². The van der Waals surface area contributed by atoms with Gasteiger partial charge in [0.1, 0.15) is 0 Å². The third-order valence-corrected chi connectivity index (χ3v) is 4.51. The summed E-state index contributed by atoms with van der Waals surface area (Å²) in [4.78, 5) is 34.4. The predicted molar refractivity (Wildman–Crippen MR) is 87.7 cm³/mol. The van der Waals surface area contributed by atoms with Gasteiger partial charge in [-0.2, -0.15) is 0 Å². The van der Waals surface area contributed by atoms with Crippen LogP contribution in [-0.4, -0.2) is 29.4 Å². The Morgan fingerprint density at radius 3 is 2.71 bits per heavy atom. The molecule has 7 nitrogen and oxygen atoms in total. The van der Waals surface area contributed by atoms with Gasteiger partial charge in [-0.1, -0.05) is 25.8 Å². The number of nitrogens with zero attached hydrogens (tertiary/aromatic N) is 1.